The van der Waals surface area contributed by atoms with E-state index < -0.39 is 0 Å². The molecule has 1 nitrogen and oxygen atoms in total. The Balaban J connectivity index is 2.93. The van der Waals surface area contributed by atoms with E-state index in [1.54, 1.807) is 0 Å². The van der Waals surface area contributed by atoms with Crippen LogP contribution in [0, 0.1) is 5.92 Å². The van der Waals surface area contributed by atoms with Crippen LogP contribution < -0.4 is 4.90 Å². The van der Waals surface area contributed by atoms with Crippen molar-refractivity contribution in [2.75, 3.05) is 18.0 Å². The zero-order valence-electron chi connectivity index (χ0n) is 11.5. The van der Waals surface area contributed by atoms with Crippen molar-refractivity contribution in [3.8, 4) is 0 Å². The molecule has 0 saturated heterocycles. The van der Waals surface area contributed by atoms with Crippen molar-refractivity contribution in [2.45, 2.75) is 39.5 Å². The van der Waals surface area contributed by atoms with Crippen molar-refractivity contribution < 1.29 is 0 Å². The average molecular weight is 288 g/mol. The van der Waals surface area contributed by atoms with Crippen molar-refractivity contribution in [3.63, 3.8) is 0 Å². The number of rotatable bonds is 7. The average Bonchev–Trinajstić information content (AvgIpc) is 2.41. The Kier molecular flexibility index (Phi) is 6.88. The van der Waals surface area contributed by atoms with Crippen molar-refractivity contribution in [1.29, 1.82) is 0 Å². The predicted octanol–water partition coefficient (Wildman–Crippen LogP) is 5.34. The molecule has 0 atom stereocenters. The lowest BCUT2D eigenvalue weighted by molar-refractivity contribution is 0.486. The maximum Gasteiger partial charge on any atom is 0.0495 e. The second-order valence-electron chi connectivity index (χ2n) is 4.63. The third-order valence-corrected chi connectivity index (χ3v) is 4.06. The molecule has 1 aromatic rings. The zero-order chi connectivity index (χ0) is 13.5. The third kappa shape index (κ3) is 4.07. The standard InChI is InChI=1S/C15H23Cl2N/c1-4-12(5-2)11-18(6-3)15-8-7-14(17)9-13(15)10-16/h7-9,12H,4-6,10-11H2,1-3H3. The summed E-state index contributed by atoms with van der Waals surface area (Å²) in [6, 6.07) is 6.01. The van der Waals surface area contributed by atoms with Gasteiger partial charge in [-0.1, -0.05) is 38.3 Å². The Labute approximate surface area is 121 Å². The van der Waals surface area contributed by atoms with Crippen LogP contribution in [-0.4, -0.2) is 13.1 Å². The molecule has 0 amide bonds. The van der Waals surface area contributed by atoms with Crippen LogP contribution in [0.5, 0.6) is 0 Å². The topological polar surface area (TPSA) is 3.24 Å². The Bertz CT molecular complexity index is 362. The van der Waals surface area contributed by atoms with Crippen LogP contribution in [-0.2, 0) is 5.88 Å². The highest BCUT2D eigenvalue weighted by Crippen LogP contribution is 2.27. The van der Waals surface area contributed by atoms with E-state index in [0.29, 0.717) is 5.88 Å². The van der Waals surface area contributed by atoms with E-state index in [4.69, 9.17) is 23.2 Å². The molecule has 0 N–H and O–H groups in total. The highest BCUT2D eigenvalue weighted by Gasteiger charge is 2.13. The molecule has 0 unspecified atom stereocenters. The summed E-state index contributed by atoms with van der Waals surface area (Å²) < 4.78 is 0. The number of alkyl halides is 1. The van der Waals surface area contributed by atoms with Crippen LogP contribution in [0.15, 0.2) is 18.2 Å². The van der Waals surface area contributed by atoms with E-state index in [9.17, 15) is 0 Å². The van der Waals surface area contributed by atoms with Gasteiger partial charge in [-0.2, -0.15) is 0 Å². The Hall–Kier alpha value is -0.400. The SMILES string of the molecule is CCC(CC)CN(CC)c1ccc(Cl)cc1CCl. The molecule has 0 fully saturated rings. The van der Waals surface area contributed by atoms with Gasteiger partial charge in [0.05, 0.1) is 0 Å². The summed E-state index contributed by atoms with van der Waals surface area (Å²) in [7, 11) is 0. The fourth-order valence-corrected chi connectivity index (χ4v) is 2.63. The first-order valence-electron chi connectivity index (χ1n) is 6.75. The molecule has 0 aliphatic rings. The predicted molar refractivity (Wildman–Crippen MR) is 83.0 cm³/mol. The molecule has 0 bridgehead atoms. The fraction of sp³-hybridized carbons (Fsp3) is 0.600. The number of anilines is 1. The van der Waals surface area contributed by atoms with Crippen LogP contribution in [0.25, 0.3) is 0 Å². The number of benzene rings is 1. The van der Waals surface area contributed by atoms with Gasteiger partial charge in [0.1, 0.15) is 0 Å². The molecule has 0 aromatic heterocycles. The van der Waals surface area contributed by atoms with Crippen LogP contribution >= 0.6 is 23.2 Å². The Morgan fingerprint density at radius 3 is 2.33 bits per heavy atom. The molecule has 1 aromatic carbocycles. The van der Waals surface area contributed by atoms with Gasteiger partial charge in [0, 0.05) is 29.7 Å². The first kappa shape index (κ1) is 15.7. The first-order valence-corrected chi connectivity index (χ1v) is 7.66. The van der Waals surface area contributed by atoms with Crippen molar-refractivity contribution in [3.05, 3.63) is 28.8 Å². The molecule has 18 heavy (non-hydrogen) atoms. The third-order valence-electron chi connectivity index (χ3n) is 3.54. The van der Waals surface area contributed by atoms with E-state index >= 15 is 0 Å². The highest BCUT2D eigenvalue weighted by molar-refractivity contribution is 6.30. The smallest absolute Gasteiger partial charge is 0.0495 e. The maximum absolute atomic E-state index is 6.03. The Morgan fingerprint density at radius 1 is 1.17 bits per heavy atom. The fourth-order valence-electron chi connectivity index (χ4n) is 2.23. The molecule has 0 aliphatic carbocycles. The van der Waals surface area contributed by atoms with Gasteiger partial charge in [-0.15, -0.1) is 11.6 Å². The summed E-state index contributed by atoms with van der Waals surface area (Å²) in [4.78, 5) is 2.41. The highest BCUT2D eigenvalue weighted by atomic mass is 35.5. The van der Waals surface area contributed by atoms with Gasteiger partial charge < -0.3 is 4.90 Å². The number of hydrogen-bond acceptors (Lipinski definition) is 1. The lowest BCUT2D eigenvalue weighted by atomic mass is 10.0. The molecule has 0 heterocycles. The zero-order valence-corrected chi connectivity index (χ0v) is 13.1. The summed E-state index contributed by atoms with van der Waals surface area (Å²) in [5, 5.41) is 0.757. The van der Waals surface area contributed by atoms with Gasteiger partial charge in [0.2, 0.25) is 0 Å². The van der Waals surface area contributed by atoms with Gasteiger partial charge in [0.25, 0.3) is 0 Å². The summed E-state index contributed by atoms with van der Waals surface area (Å²) in [6.45, 7) is 8.80. The molecule has 3 heteroatoms. The van der Waals surface area contributed by atoms with E-state index in [-0.39, 0.29) is 0 Å². The molecule has 102 valence electrons. The number of hydrogen-bond donors (Lipinski definition) is 0. The Morgan fingerprint density at radius 2 is 1.83 bits per heavy atom. The molecule has 0 saturated carbocycles. The quantitative estimate of drug-likeness (QED) is 0.612. The largest absolute Gasteiger partial charge is 0.371 e. The monoisotopic (exact) mass is 287 g/mol. The van der Waals surface area contributed by atoms with E-state index in [1.165, 1.54) is 18.5 Å². The van der Waals surface area contributed by atoms with Crippen LogP contribution in [0.2, 0.25) is 5.02 Å². The van der Waals surface area contributed by atoms with Gasteiger partial charge in [-0.3, -0.25) is 0 Å². The van der Waals surface area contributed by atoms with Crippen molar-refractivity contribution in [2.24, 2.45) is 5.92 Å². The van der Waals surface area contributed by atoms with Crippen LogP contribution in [0.1, 0.15) is 39.2 Å². The van der Waals surface area contributed by atoms with E-state index in [2.05, 4.69) is 31.7 Å². The second-order valence-corrected chi connectivity index (χ2v) is 5.33. The summed E-state index contributed by atoms with van der Waals surface area (Å²) in [5.41, 5.74) is 2.35. The summed E-state index contributed by atoms with van der Waals surface area (Å²) >= 11 is 12.1. The van der Waals surface area contributed by atoms with Crippen LogP contribution in [0.4, 0.5) is 5.69 Å². The lowest BCUT2D eigenvalue weighted by Crippen LogP contribution is -2.29. The molecule has 1 rings (SSSR count). The normalized spacial score (nSPS) is 11.0. The molecule has 0 aliphatic heterocycles. The molecular weight excluding hydrogens is 265 g/mol. The summed E-state index contributed by atoms with van der Waals surface area (Å²) in [5.74, 6) is 1.25. The van der Waals surface area contributed by atoms with E-state index in [1.807, 2.05) is 12.1 Å². The van der Waals surface area contributed by atoms with Gasteiger partial charge in [-0.05, 0) is 36.6 Å². The first-order chi connectivity index (χ1) is 8.65. The van der Waals surface area contributed by atoms with Gasteiger partial charge in [-0.25, -0.2) is 0 Å². The number of nitrogens with zero attached hydrogens (tertiary/aromatic N) is 1. The molecule has 0 radical (unpaired) electrons. The number of halogens is 2. The maximum atomic E-state index is 6.03. The van der Waals surface area contributed by atoms with E-state index in [0.717, 1.165) is 29.6 Å². The summed E-state index contributed by atoms with van der Waals surface area (Å²) in [6.07, 6.45) is 2.44. The van der Waals surface area contributed by atoms with Crippen molar-refractivity contribution in [1.82, 2.24) is 0 Å². The van der Waals surface area contributed by atoms with Gasteiger partial charge >= 0.3 is 0 Å². The minimum atomic E-state index is 0.509. The minimum Gasteiger partial charge on any atom is -0.371 e. The second kappa shape index (κ2) is 7.91. The lowest BCUT2D eigenvalue weighted by Gasteiger charge is -2.29. The molecular formula is C15H23Cl2N. The minimum absolute atomic E-state index is 0.509. The van der Waals surface area contributed by atoms with Crippen LogP contribution in [0.3, 0.4) is 0 Å². The van der Waals surface area contributed by atoms with Gasteiger partial charge in [0.15, 0.2) is 0 Å². The van der Waals surface area contributed by atoms with Crippen molar-refractivity contribution >= 4 is 28.9 Å². The molecule has 0 spiro atoms.